The lowest BCUT2D eigenvalue weighted by Crippen LogP contribution is -2.04. The molecule has 0 aromatic heterocycles. The lowest BCUT2D eigenvalue weighted by molar-refractivity contribution is 0.270. The van der Waals surface area contributed by atoms with Crippen molar-refractivity contribution in [1.82, 2.24) is 0 Å². The van der Waals surface area contributed by atoms with Gasteiger partial charge in [0, 0.05) is 48.0 Å². The summed E-state index contributed by atoms with van der Waals surface area (Å²) in [6.07, 6.45) is 5.56. The first-order valence-corrected chi connectivity index (χ1v) is 40.8. The first kappa shape index (κ1) is 83.2. The summed E-state index contributed by atoms with van der Waals surface area (Å²) in [6, 6.07) is 121. The minimum absolute atomic E-state index is 0.0485. The molecule has 0 unspecified atom stereocenters. The van der Waals surface area contributed by atoms with Gasteiger partial charge in [0.2, 0.25) is 0 Å². The van der Waals surface area contributed by atoms with E-state index in [-0.39, 0.29) is 39.6 Å². The summed E-state index contributed by atoms with van der Waals surface area (Å²) >= 11 is 0. The summed E-state index contributed by atoms with van der Waals surface area (Å²) in [5.74, 6) is 21.7. The van der Waals surface area contributed by atoms with Crippen molar-refractivity contribution in [3.8, 4) is 117 Å². The van der Waals surface area contributed by atoms with E-state index in [1.54, 1.807) is 0 Å². The van der Waals surface area contributed by atoms with Gasteiger partial charge in [-0.2, -0.15) is 0 Å². The van der Waals surface area contributed by atoms with Crippen LogP contribution >= 0.6 is 0 Å². The molecule has 0 saturated heterocycles. The van der Waals surface area contributed by atoms with E-state index in [9.17, 15) is 0 Å². The van der Waals surface area contributed by atoms with Crippen LogP contribution in [0.1, 0.15) is 83.5 Å². The Morgan fingerprint density at radius 2 is 0.282 bits per heavy atom. The van der Waals surface area contributed by atoms with Crippen molar-refractivity contribution in [2.24, 2.45) is 0 Å². The Hall–Kier alpha value is -15.8. The molecular formula is C110H90O14. The molecule has 15 aromatic carbocycles. The molecule has 124 heavy (non-hydrogen) atoms. The molecule has 14 nitrogen and oxygen atoms in total. The van der Waals surface area contributed by atoms with Gasteiger partial charge < -0.3 is 66.3 Å². The van der Waals surface area contributed by atoms with Gasteiger partial charge in [0.05, 0.1) is 0 Å². The van der Waals surface area contributed by atoms with Crippen LogP contribution in [-0.2, 0) is 92.5 Å². The monoisotopic (exact) mass is 1630 g/mol. The van der Waals surface area contributed by atoms with E-state index in [2.05, 4.69) is 29.6 Å². The number of hydrogen-bond donors (Lipinski definition) is 0. The van der Waals surface area contributed by atoms with E-state index >= 15 is 0 Å². The molecule has 0 atom stereocenters. The van der Waals surface area contributed by atoms with Crippen molar-refractivity contribution < 1.29 is 66.3 Å². The Bertz CT molecular complexity index is 5180. The summed E-state index contributed by atoms with van der Waals surface area (Å²) in [4.78, 5) is 0. The van der Waals surface area contributed by atoms with Gasteiger partial charge >= 0.3 is 0 Å². The smallest absolute Gasteiger partial charge is 0.124 e. The van der Waals surface area contributed by atoms with Crippen LogP contribution in [0.25, 0.3) is 0 Å². The SMILES string of the molecule is C#CC#CC#Cc1cc(OCc2cc(OCc3cc(OCc4ccccc4)cc(OCc4ccccc4)c3)cc(OCc3cc(OCc4ccccc4)cc(OCc4ccccc4)c3)c2)cc(OCc2cc(OCc3cc(OCc4ccccc4)cc(OCc4ccccc4)c3)cc(OCc3cc(OCc4ccccc4)cc(OCc4ccccc4)c3)c2)c1. The molecular weight excluding hydrogens is 1550 g/mol. The standard InChI is InChI=1S/C110H90O14/c1-2-3-4-13-46-90-47-97(119-76-95-57-107(121-78-91-49-99(111-68-82-30-14-5-15-31-82)62-100(50-91)112-69-83-32-16-6-17-33-83)66-108(58-95)122-79-92-51-101(113-70-84-34-18-7-19-35-84)63-102(52-92)114-71-85-36-20-8-21-37-85)61-98(48-90)120-77-96-59-109(123-80-93-53-103(115-72-86-38-22-9-23-39-86)64-104(54-93)116-73-87-40-24-10-25-41-87)67-110(60-96)124-81-94-55-105(117-74-88-42-26-11-27-43-88)65-106(56-94)118-75-89-44-28-12-29-45-89/h1,5-12,14-45,47-67H,68-81H2. The third-order valence-corrected chi connectivity index (χ3v) is 19.3. The van der Waals surface area contributed by atoms with Gasteiger partial charge in [0.1, 0.15) is 173 Å². The third-order valence-electron chi connectivity index (χ3n) is 19.3. The highest BCUT2D eigenvalue weighted by Gasteiger charge is 2.17. The average Bonchev–Trinajstić information content (AvgIpc) is 0.845. The number of benzene rings is 15. The maximum Gasteiger partial charge on any atom is 0.124 e. The quantitative estimate of drug-likeness (QED) is 0.0337. The molecule has 0 N–H and O–H groups in total. The van der Waals surface area contributed by atoms with E-state index in [0.717, 1.165) is 77.9 Å². The van der Waals surface area contributed by atoms with Crippen LogP contribution < -0.4 is 66.3 Å². The van der Waals surface area contributed by atoms with Crippen LogP contribution in [0.3, 0.4) is 0 Å². The summed E-state index contributed by atoms with van der Waals surface area (Å²) in [5, 5.41) is 0. The zero-order chi connectivity index (χ0) is 84.2. The fourth-order valence-corrected chi connectivity index (χ4v) is 13.2. The first-order valence-electron chi connectivity index (χ1n) is 40.8. The van der Waals surface area contributed by atoms with Crippen molar-refractivity contribution >= 4 is 0 Å². The van der Waals surface area contributed by atoms with Gasteiger partial charge in [-0.05, 0) is 186 Å². The highest BCUT2D eigenvalue weighted by atomic mass is 16.5. The van der Waals surface area contributed by atoms with Crippen molar-refractivity contribution in [2.75, 3.05) is 0 Å². The molecule has 0 radical (unpaired) electrons. The Morgan fingerprint density at radius 3 is 0.427 bits per heavy atom. The maximum atomic E-state index is 6.81. The fourth-order valence-electron chi connectivity index (χ4n) is 13.2. The molecule has 0 saturated carbocycles. The second kappa shape index (κ2) is 44.3. The molecule has 15 rings (SSSR count). The van der Waals surface area contributed by atoms with Crippen molar-refractivity contribution in [1.29, 1.82) is 0 Å². The zero-order valence-corrected chi connectivity index (χ0v) is 68.4. The maximum absolute atomic E-state index is 6.81. The topological polar surface area (TPSA) is 129 Å². The zero-order valence-electron chi connectivity index (χ0n) is 68.4. The van der Waals surface area contributed by atoms with Gasteiger partial charge in [-0.25, -0.2) is 0 Å². The van der Waals surface area contributed by atoms with Gasteiger partial charge in [0.25, 0.3) is 0 Å². The van der Waals surface area contributed by atoms with E-state index in [0.29, 0.717) is 139 Å². The van der Waals surface area contributed by atoms with Crippen LogP contribution in [-0.4, -0.2) is 0 Å². The number of hydrogen-bond acceptors (Lipinski definition) is 14. The Morgan fingerprint density at radius 1 is 0.145 bits per heavy atom. The minimum Gasteiger partial charge on any atom is -0.489 e. The molecule has 0 amide bonds. The molecule has 0 spiro atoms. The molecule has 0 aliphatic carbocycles. The Balaban J connectivity index is 0.720. The van der Waals surface area contributed by atoms with Gasteiger partial charge in [0.15, 0.2) is 0 Å². The summed E-state index contributed by atoms with van der Waals surface area (Å²) in [6.45, 7) is 3.49. The van der Waals surface area contributed by atoms with Crippen LogP contribution in [0.4, 0.5) is 0 Å². The molecule has 15 aromatic rings. The van der Waals surface area contributed by atoms with E-state index in [4.69, 9.17) is 72.7 Å². The lowest BCUT2D eigenvalue weighted by atomic mass is 10.1. The third kappa shape index (κ3) is 27.1. The van der Waals surface area contributed by atoms with E-state index in [1.165, 1.54) is 0 Å². The van der Waals surface area contributed by atoms with Gasteiger partial charge in [-0.1, -0.05) is 249 Å². The van der Waals surface area contributed by atoms with Crippen molar-refractivity contribution in [2.45, 2.75) is 92.5 Å². The van der Waals surface area contributed by atoms with Crippen LogP contribution in [0.15, 0.2) is 370 Å². The summed E-state index contributed by atoms with van der Waals surface area (Å²) in [7, 11) is 0. The molecule has 0 aliphatic heterocycles. The predicted octanol–water partition coefficient (Wildman–Crippen LogP) is 23.8. The van der Waals surface area contributed by atoms with E-state index < -0.39 is 0 Å². The summed E-state index contributed by atoms with van der Waals surface area (Å²) < 4.78 is 92.2. The van der Waals surface area contributed by atoms with Crippen molar-refractivity contribution in [3.63, 3.8) is 0 Å². The van der Waals surface area contributed by atoms with Crippen LogP contribution in [0.5, 0.6) is 80.5 Å². The predicted molar refractivity (Wildman–Crippen MR) is 481 cm³/mol. The minimum atomic E-state index is 0.0485. The van der Waals surface area contributed by atoms with E-state index in [1.807, 2.05) is 370 Å². The first-order chi connectivity index (χ1) is 61.2. The lowest BCUT2D eigenvalue weighted by Gasteiger charge is -2.17. The number of rotatable bonds is 42. The molecule has 614 valence electrons. The van der Waals surface area contributed by atoms with Crippen LogP contribution in [0.2, 0.25) is 0 Å². The largest absolute Gasteiger partial charge is 0.489 e. The molecule has 0 aliphatic rings. The second-order valence-corrected chi connectivity index (χ2v) is 29.1. The molecule has 0 fully saturated rings. The number of ether oxygens (including phenoxy) is 14. The molecule has 0 bridgehead atoms. The van der Waals surface area contributed by atoms with Crippen molar-refractivity contribution in [3.05, 3.63) is 454 Å². The Kier molecular flexibility index (Phi) is 29.7. The summed E-state index contributed by atoms with van der Waals surface area (Å²) in [5.41, 5.74) is 13.4. The highest BCUT2D eigenvalue weighted by Crippen LogP contribution is 2.36. The van der Waals surface area contributed by atoms with Gasteiger partial charge in [-0.3, -0.25) is 0 Å². The number of terminal acetylenes is 1. The van der Waals surface area contributed by atoms with Crippen LogP contribution in [0, 0.1) is 36.0 Å². The molecule has 0 heterocycles. The average molecular weight is 1640 g/mol. The normalized spacial score (nSPS) is 10.6. The second-order valence-electron chi connectivity index (χ2n) is 29.1. The molecule has 14 heteroatoms. The highest BCUT2D eigenvalue weighted by molar-refractivity contribution is 5.51. The Labute approximate surface area is 724 Å². The fraction of sp³-hybridized carbons (Fsp3) is 0.127. The van der Waals surface area contributed by atoms with Gasteiger partial charge in [-0.15, -0.1) is 6.42 Å².